The lowest BCUT2D eigenvalue weighted by molar-refractivity contribution is 0.313. The molecular weight excluding hydrogens is 156 g/mol. The molecule has 1 aromatic heterocycles. The Hall–Kier alpha value is -1.52. The van der Waals surface area contributed by atoms with Crippen molar-refractivity contribution < 1.29 is 5.21 Å². The van der Waals surface area contributed by atoms with Crippen LogP contribution in [0.3, 0.4) is 0 Å². The second-order valence-corrected chi connectivity index (χ2v) is 2.69. The lowest BCUT2D eigenvalue weighted by atomic mass is 10.1. The second kappa shape index (κ2) is 3.75. The lowest BCUT2D eigenvalue weighted by Gasteiger charge is -2.09. The van der Waals surface area contributed by atoms with Crippen LogP contribution in [-0.2, 0) is 6.54 Å². The molecule has 0 aliphatic rings. The molecular formula is C7H12N4O. The molecule has 0 aliphatic carbocycles. The van der Waals surface area contributed by atoms with Gasteiger partial charge >= 0.3 is 0 Å². The van der Waals surface area contributed by atoms with Crippen molar-refractivity contribution in [2.75, 3.05) is 0 Å². The first kappa shape index (κ1) is 8.58. The molecule has 0 bridgehead atoms. The van der Waals surface area contributed by atoms with E-state index in [-0.39, 0.29) is 11.8 Å². The highest BCUT2D eigenvalue weighted by molar-refractivity contribution is 5.81. The van der Waals surface area contributed by atoms with E-state index in [9.17, 15) is 0 Å². The van der Waals surface area contributed by atoms with Crippen molar-refractivity contribution in [1.82, 2.24) is 9.55 Å². The Bertz CT molecular complexity index is 254. The van der Waals surface area contributed by atoms with Gasteiger partial charge in [-0.25, -0.2) is 4.98 Å². The van der Waals surface area contributed by atoms with Crippen LogP contribution in [0.4, 0.5) is 0 Å². The van der Waals surface area contributed by atoms with Crippen LogP contribution in [0.2, 0.25) is 0 Å². The van der Waals surface area contributed by atoms with Gasteiger partial charge in [0.15, 0.2) is 0 Å². The normalized spacial score (nSPS) is 14.6. The standard InChI is InChI=1S/C7H12N4O/c1-6(7(8)10-12)4-11-3-2-9-5-11/h2-3,5-6,12H,4H2,1H3,(H2,8,10). The third-order valence-corrected chi connectivity index (χ3v) is 1.66. The summed E-state index contributed by atoms with van der Waals surface area (Å²) in [4.78, 5) is 3.88. The molecule has 0 fully saturated rings. The molecule has 3 N–H and O–H groups in total. The maximum Gasteiger partial charge on any atom is 0.143 e. The topological polar surface area (TPSA) is 76.4 Å². The van der Waals surface area contributed by atoms with Gasteiger partial charge in [0.05, 0.1) is 6.33 Å². The molecule has 1 atom stereocenters. The highest BCUT2D eigenvalue weighted by Gasteiger charge is 2.07. The predicted molar refractivity (Wildman–Crippen MR) is 44.8 cm³/mol. The van der Waals surface area contributed by atoms with Gasteiger partial charge in [0, 0.05) is 24.9 Å². The minimum atomic E-state index is 0.0178. The van der Waals surface area contributed by atoms with E-state index >= 15 is 0 Å². The third-order valence-electron chi connectivity index (χ3n) is 1.66. The molecule has 0 aliphatic heterocycles. The number of aromatic nitrogens is 2. The quantitative estimate of drug-likeness (QED) is 0.294. The molecule has 0 aromatic carbocycles. The smallest absolute Gasteiger partial charge is 0.143 e. The zero-order valence-electron chi connectivity index (χ0n) is 6.88. The van der Waals surface area contributed by atoms with E-state index in [2.05, 4.69) is 10.1 Å². The van der Waals surface area contributed by atoms with Crippen LogP contribution in [0.1, 0.15) is 6.92 Å². The highest BCUT2D eigenvalue weighted by atomic mass is 16.4. The van der Waals surface area contributed by atoms with Crippen molar-refractivity contribution >= 4 is 5.84 Å². The summed E-state index contributed by atoms with van der Waals surface area (Å²) in [6, 6.07) is 0. The maximum atomic E-state index is 8.37. The average molecular weight is 168 g/mol. The van der Waals surface area contributed by atoms with Gasteiger partial charge in [0.25, 0.3) is 0 Å². The monoisotopic (exact) mass is 168 g/mol. The van der Waals surface area contributed by atoms with E-state index in [1.165, 1.54) is 0 Å². The Balaban J connectivity index is 2.53. The number of rotatable bonds is 3. The molecule has 66 valence electrons. The molecule has 1 heterocycles. The molecule has 1 unspecified atom stereocenters. The molecule has 0 amide bonds. The molecule has 5 heteroatoms. The van der Waals surface area contributed by atoms with Crippen LogP contribution in [0.15, 0.2) is 23.9 Å². The zero-order valence-corrected chi connectivity index (χ0v) is 6.88. The molecule has 0 spiro atoms. The second-order valence-electron chi connectivity index (χ2n) is 2.69. The minimum absolute atomic E-state index is 0.0178. The summed E-state index contributed by atoms with van der Waals surface area (Å²) in [5.41, 5.74) is 5.40. The lowest BCUT2D eigenvalue weighted by Crippen LogP contribution is -2.24. The first-order chi connectivity index (χ1) is 5.74. The molecule has 1 rings (SSSR count). The Kier molecular flexibility index (Phi) is 2.68. The fraction of sp³-hybridized carbons (Fsp3) is 0.429. The summed E-state index contributed by atoms with van der Waals surface area (Å²) < 4.78 is 1.88. The van der Waals surface area contributed by atoms with Gasteiger partial charge in [-0.2, -0.15) is 0 Å². The number of hydrogen-bond donors (Lipinski definition) is 2. The molecule has 12 heavy (non-hydrogen) atoms. The molecule has 0 radical (unpaired) electrons. The van der Waals surface area contributed by atoms with Gasteiger partial charge < -0.3 is 15.5 Å². The summed E-state index contributed by atoms with van der Waals surface area (Å²) in [7, 11) is 0. The predicted octanol–water partition coefficient (Wildman–Crippen LogP) is 0.266. The van der Waals surface area contributed by atoms with Crippen LogP contribution < -0.4 is 5.73 Å². The zero-order chi connectivity index (χ0) is 8.97. The van der Waals surface area contributed by atoms with Crippen LogP contribution in [0.5, 0.6) is 0 Å². The van der Waals surface area contributed by atoms with Gasteiger partial charge in [0.1, 0.15) is 5.84 Å². The van der Waals surface area contributed by atoms with Crippen LogP contribution in [-0.4, -0.2) is 20.6 Å². The van der Waals surface area contributed by atoms with Crippen molar-refractivity contribution in [3.05, 3.63) is 18.7 Å². The van der Waals surface area contributed by atoms with Gasteiger partial charge in [0.2, 0.25) is 0 Å². The van der Waals surface area contributed by atoms with Crippen molar-refractivity contribution in [2.24, 2.45) is 16.8 Å². The molecule has 0 saturated carbocycles. The molecule has 0 saturated heterocycles. The van der Waals surface area contributed by atoms with Crippen molar-refractivity contribution in [1.29, 1.82) is 0 Å². The number of nitrogens with zero attached hydrogens (tertiary/aromatic N) is 3. The molecule has 1 aromatic rings. The van der Waals surface area contributed by atoms with Gasteiger partial charge in [-0.15, -0.1) is 0 Å². The van der Waals surface area contributed by atoms with Crippen molar-refractivity contribution in [3.8, 4) is 0 Å². The number of imidazole rings is 1. The first-order valence-corrected chi connectivity index (χ1v) is 3.67. The first-order valence-electron chi connectivity index (χ1n) is 3.67. The number of oxime groups is 1. The largest absolute Gasteiger partial charge is 0.409 e. The number of hydrogen-bond acceptors (Lipinski definition) is 3. The highest BCUT2D eigenvalue weighted by Crippen LogP contribution is 1.99. The van der Waals surface area contributed by atoms with Gasteiger partial charge in [-0.05, 0) is 0 Å². The van der Waals surface area contributed by atoms with Crippen LogP contribution in [0.25, 0.3) is 0 Å². The van der Waals surface area contributed by atoms with E-state index < -0.39 is 0 Å². The van der Waals surface area contributed by atoms with Crippen molar-refractivity contribution in [2.45, 2.75) is 13.5 Å². The minimum Gasteiger partial charge on any atom is -0.409 e. The fourth-order valence-electron chi connectivity index (χ4n) is 0.903. The van der Waals surface area contributed by atoms with Crippen LogP contribution >= 0.6 is 0 Å². The van der Waals surface area contributed by atoms with E-state index in [4.69, 9.17) is 10.9 Å². The number of nitrogens with two attached hydrogens (primary N) is 1. The van der Waals surface area contributed by atoms with E-state index in [1.807, 2.05) is 17.7 Å². The summed E-state index contributed by atoms with van der Waals surface area (Å²) in [5.74, 6) is 0.257. The maximum absolute atomic E-state index is 8.37. The van der Waals surface area contributed by atoms with Gasteiger partial charge in [-0.1, -0.05) is 12.1 Å². The number of amidine groups is 1. The summed E-state index contributed by atoms with van der Waals surface area (Å²) >= 11 is 0. The summed E-state index contributed by atoms with van der Waals surface area (Å²) in [5, 5.41) is 11.3. The Morgan fingerprint density at radius 3 is 3.08 bits per heavy atom. The SMILES string of the molecule is CC(Cn1ccnc1)/C(N)=N/O. The Morgan fingerprint density at radius 1 is 1.83 bits per heavy atom. The summed E-state index contributed by atoms with van der Waals surface area (Å²) in [6.07, 6.45) is 5.22. The summed E-state index contributed by atoms with van der Waals surface area (Å²) in [6.45, 7) is 2.56. The fourth-order valence-corrected chi connectivity index (χ4v) is 0.903. The van der Waals surface area contributed by atoms with E-state index in [1.54, 1.807) is 12.5 Å². The van der Waals surface area contributed by atoms with E-state index in [0.29, 0.717) is 6.54 Å². The Labute approximate surface area is 70.5 Å². The van der Waals surface area contributed by atoms with Crippen LogP contribution in [0, 0.1) is 5.92 Å². The van der Waals surface area contributed by atoms with Gasteiger partial charge in [-0.3, -0.25) is 0 Å². The Morgan fingerprint density at radius 2 is 2.58 bits per heavy atom. The average Bonchev–Trinajstić information content (AvgIpc) is 2.55. The van der Waals surface area contributed by atoms with E-state index in [0.717, 1.165) is 0 Å². The van der Waals surface area contributed by atoms with Crippen molar-refractivity contribution in [3.63, 3.8) is 0 Å². The molecule has 5 nitrogen and oxygen atoms in total. The third kappa shape index (κ3) is 1.98.